The van der Waals surface area contributed by atoms with Gasteiger partial charge in [-0.1, -0.05) is 6.07 Å². The highest BCUT2D eigenvalue weighted by atomic mass is 16.5. The van der Waals surface area contributed by atoms with Gasteiger partial charge in [-0.2, -0.15) is 9.67 Å². The molecule has 0 atom stereocenters. The van der Waals surface area contributed by atoms with E-state index in [1.165, 1.54) is 13.2 Å². The van der Waals surface area contributed by atoms with Crippen LogP contribution in [0.25, 0.3) is 6.08 Å². The van der Waals surface area contributed by atoms with Crippen LogP contribution < -0.4 is 20.9 Å². The van der Waals surface area contributed by atoms with Crippen LogP contribution in [-0.2, 0) is 0 Å². The van der Waals surface area contributed by atoms with E-state index in [9.17, 15) is 4.79 Å². The second kappa shape index (κ2) is 5.95. The molecular weight excluding hydrogens is 274 g/mol. The standard InChI is InChI=1S/C13H15N5O3/c1-20-9-5-3-8(7-10(9)21-2)4-6-11(19)18-13(15)16-12(14)17-18/h3-7H,1-2H3,(H4,14,15,16,17). The quantitative estimate of drug-likeness (QED) is 0.799. The largest absolute Gasteiger partial charge is 0.493 e. The summed E-state index contributed by atoms with van der Waals surface area (Å²) in [6.07, 6.45) is 2.91. The van der Waals surface area contributed by atoms with Crippen molar-refractivity contribution in [2.24, 2.45) is 0 Å². The smallest absolute Gasteiger partial charge is 0.274 e. The van der Waals surface area contributed by atoms with Crippen LogP contribution in [0.1, 0.15) is 10.4 Å². The van der Waals surface area contributed by atoms with Crippen molar-refractivity contribution in [3.63, 3.8) is 0 Å². The van der Waals surface area contributed by atoms with Gasteiger partial charge in [-0.3, -0.25) is 4.79 Å². The highest BCUT2D eigenvalue weighted by Crippen LogP contribution is 2.27. The van der Waals surface area contributed by atoms with Gasteiger partial charge in [-0.15, -0.1) is 5.10 Å². The normalized spacial score (nSPS) is 10.8. The summed E-state index contributed by atoms with van der Waals surface area (Å²) in [6, 6.07) is 5.26. The number of nitrogen functional groups attached to an aromatic ring is 2. The van der Waals surface area contributed by atoms with Gasteiger partial charge in [-0.05, 0) is 23.8 Å². The highest BCUT2D eigenvalue weighted by molar-refractivity contribution is 5.94. The second-order valence-corrected chi connectivity index (χ2v) is 4.03. The van der Waals surface area contributed by atoms with Crippen molar-refractivity contribution < 1.29 is 14.3 Å². The molecule has 0 fully saturated rings. The molecule has 4 N–H and O–H groups in total. The number of allylic oxidation sites excluding steroid dienone is 1. The molecule has 0 saturated carbocycles. The average Bonchev–Trinajstić information content (AvgIpc) is 2.83. The molecule has 8 nitrogen and oxygen atoms in total. The van der Waals surface area contributed by atoms with Crippen molar-refractivity contribution in [3.05, 3.63) is 29.8 Å². The Morgan fingerprint density at radius 3 is 2.52 bits per heavy atom. The number of nitrogens with two attached hydrogens (primary N) is 2. The molecule has 2 aromatic rings. The average molecular weight is 289 g/mol. The van der Waals surface area contributed by atoms with Crippen molar-refractivity contribution in [1.29, 1.82) is 0 Å². The molecule has 0 amide bonds. The maximum Gasteiger partial charge on any atom is 0.274 e. The molecule has 1 aromatic heterocycles. The Balaban J connectivity index is 2.21. The van der Waals surface area contributed by atoms with Gasteiger partial charge < -0.3 is 20.9 Å². The van der Waals surface area contributed by atoms with E-state index in [1.807, 2.05) is 0 Å². The summed E-state index contributed by atoms with van der Waals surface area (Å²) in [5.41, 5.74) is 11.6. The number of carbonyl (C=O) groups excluding carboxylic acids is 1. The minimum absolute atomic E-state index is 0.0552. The molecular formula is C13H15N5O3. The van der Waals surface area contributed by atoms with Crippen molar-refractivity contribution >= 4 is 23.9 Å². The number of rotatable bonds is 4. The highest BCUT2D eigenvalue weighted by Gasteiger charge is 2.09. The first kappa shape index (κ1) is 14.4. The number of nitrogens with zero attached hydrogens (tertiary/aromatic N) is 3. The van der Waals surface area contributed by atoms with Gasteiger partial charge in [0.2, 0.25) is 11.9 Å². The molecule has 1 heterocycles. The lowest BCUT2D eigenvalue weighted by Gasteiger charge is -2.07. The van der Waals surface area contributed by atoms with E-state index in [1.54, 1.807) is 31.4 Å². The summed E-state index contributed by atoms with van der Waals surface area (Å²) in [5, 5.41) is 3.70. The zero-order valence-electron chi connectivity index (χ0n) is 11.6. The van der Waals surface area contributed by atoms with E-state index in [2.05, 4.69) is 10.1 Å². The summed E-state index contributed by atoms with van der Waals surface area (Å²) >= 11 is 0. The lowest BCUT2D eigenvalue weighted by atomic mass is 10.2. The number of anilines is 2. The maximum atomic E-state index is 11.9. The minimum atomic E-state index is -0.452. The number of benzene rings is 1. The van der Waals surface area contributed by atoms with E-state index >= 15 is 0 Å². The van der Waals surface area contributed by atoms with Crippen LogP contribution in [0.15, 0.2) is 24.3 Å². The van der Waals surface area contributed by atoms with Crippen LogP contribution in [-0.4, -0.2) is 34.9 Å². The van der Waals surface area contributed by atoms with Crippen LogP contribution in [0.5, 0.6) is 11.5 Å². The number of hydrogen-bond acceptors (Lipinski definition) is 7. The number of ether oxygens (including phenoxy) is 2. The first-order valence-electron chi connectivity index (χ1n) is 5.97. The second-order valence-electron chi connectivity index (χ2n) is 4.03. The summed E-state index contributed by atoms with van der Waals surface area (Å²) in [5.74, 6) is 0.604. The molecule has 110 valence electrons. The summed E-state index contributed by atoms with van der Waals surface area (Å²) in [7, 11) is 3.09. The number of hydrogen-bond donors (Lipinski definition) is 2. The first-order valence-corrected chi connectivity index (χ1v) is 5.97. The van der Waals surface area contributed by atoms with Crippen molar-refractivity contribution in [2.75, 3.05) is 25.7 Å². The van der Waals surface area contributed by atoms with Crippen LogP contribution in [0.2, 0.25) is 0 Å². The molecule has 2 rings (SSSR count). The van der Waals surface area contributed by atoms with Crippen LogP contribution in [0.3, 0.4) is 0 Å². The summed E-state index contributed by atoms with van der Waals surface area (Å²) in [6.45, 7) is 0. The summed E-state index contributed by atoms with van der Waals surface area (Å²) < 4.78 is 11.2. The third-order valence-electron chi connectivity index (χ3n) is 2.68. The van der Waals surface area contributed by atoms with Gasteiger partial charge in [0.1, 0.15) is 0 Å². The van der Waals surface area contributed by atoms with Crippen molar-refractivity contribution in [3.8, 4) is 11.5 Å². The Kier molecular flexibility index (Phi) is 4.07. The summed E-state index contributed by atoms with van der Waals surface area (Å²) in [4.78, 5) is 15.6. The topological polar surface area (TPSA) is 118 Å². The Labute approximate surface area is 121 Å². The molecule has 0 spiro atoms. The van der Waals surface area contributed by atoms with Gasteiger partial charge in [0, 0.05) is 6.08 Å². The molecule has 0 radical (unpaired) electrons. The minimum Gasteiger partial charge on any atom is -0.493 e. The monoisotopic (exact) mass is 289 g/mol. The van der Waals surface area contributed by atoms with Gasteiger partial charge >= 0.3 is 0 Å². The third kappa shape index (κ3) is 3.11. The maximum absolute atomic E-state index is 11.9. The zero-order valence-corrected chi connectivity index (χ0v) is 11.6. The molecule has 0 aliphatic rings. The molecule has 1 aromatic carbocycles. The van der Waals surface area contributed by atoms with E-state index in [4.69, 9.17) is 20.9 Å². The van der Waals surface area contributed by atoms with Crippen LogP contribution >= 0.6 is 0 Å². The first-order chi connectivity index (χ1) is 10.0. The number of carbonyl (C=O) groups is 1. The molecule has 0 unspecified atom stereocenters. The molecule has 0 saturated heterocycles. The zero-order chi connectivity index (χ0) is 15.4. The molecule has 8 heteroatoms. The van der Waals surface area contributed by atoms with Crippen molar-refractivity contribution in [2.45, 2.75) is 0 Å². The van der Waals surface area contributed by atoms with Gasteiger partial charge in [0.25, 0.3) is 5.91 Å². The van der Waals surface area contributed by atoms with Crippen LogP contribution in [0, 0.1) is 0 Å². The van der Waals surface area contributed by atoms with E-state index in [0.717, 1.165) is 10.2 Å². The Morgan fingerprint density at radius 2 is 1.95 bits per heavy atom. The SMILES string of the molecule is COc1ccc(C=CC(=O)n2nc(N)nc2N)cc1OC. The molecule has 0 aliphatic heterocycles. The van der Waals surface area contributed by atoms with Crippen LogP contribution in [0.4, 0.5) is 11.9 Å². The van der Waals surface area contributed by atoms with Gasteiger partial charge in [0.05, 0.1) is 14.2 Å². The predicted molar refractivity (Wildman–Crippen MR) is 78.1 cm³/mol. The van der Waals surface area contributed by atoms with E-state index < -0.39 is 5.91 Å². The predicted octanol–water partition coefficient (Wildman–Crippen LogP) is 0.813. The van der Waals surface area contributed by atoms with E-state index in [-0.39, 0.29) is 11.9 Å². The van der Waals surface area contributed by atoms with E-state index in [0.29, 0.717) is 11.5 Å². The number of methoxy groups -OCH3 is 2. The van der Waals surface area contributed by atoms with Gasteiger partial charge in [-0.25, -0.2) is 0 Å². The Hall–Kier alpha value is -3.03. The van der Waals surface area contributed by atoms with Gasteiger partial charge in [0.15, 0.2) is 11.5 Å². The molecule has 21 heavy (non-hydrogen) atoms. The van der Waals surface area contributed by atoms with Crippen molar-refractivity contribution in [1.82, 2.24) is 14.8 Å². The lowest BCUT2D eigenvalue weighted by Crippen LogP contribution is -2.12. The fourth-order valence-electron chi connectivity index (χ4n) is 1.70. The number of aromatic nitrogens is 3. The Bertz CT molecular complexity index is 693. The molecule has 0 aliphatic carbocycles. The molecule has 0 bridgehead atoms. The fourth-order valence-corrected chi connectivity index (χ4v) is 1.70. The lowest BCUT2D eigenvalue weighted by molar-refractivity contribution is 0.0958. The third-order valence-corrected chi connectivity index (χ3v) is 2.68. The Morgan fingerprint density at radius 1 is 1.24 bits per heavy atom. The fraction of sp³-hybridized carbons (Fsp3) is 0.154.